The van der Waals surface area contributed by atoms with Gasteiger partial charge in [-0.2, -0.15) is 0 Å². The zero-order valence-corrected chi connectivity index (χ0v) is 15.5. The Kier molecular flexibility index (Phi) is 4.56. The zero-order chi connectivity index (χ0) is 18.9. The van der Waals surface area contributed by atoms with Crippen molar-refractivity contribution in [2.45, 2.75) is 32.0 Å². The molecule has 1 atom stereocenters. The van der Waals surface area contributed by atoms with E-state index in [-0.39, 0.29) is 24.2 Å². The monoisotopic (exact) mass is 369 g/mol. The molecule has 0 radical (unpaired) electrons. The van der Waals surface area contributed by atoms with Crippen LogP contribution in [0, 0.1) is 0 Å². The minimum absolute atomic E-state index is 0.0790. The maximum Gasteiger partial charge on any atom is 0.258 e. The molecule has 0 aliphatic carbocycles. The molecular weight excluding hydrogens is 346 g/mol. The SMILES string of the molecule is CC1(C)Cc2cccc(OCC(=O)NCC3COc4ccccc4O3)c2O1. The lowest BCUT2D eigenvalue weighted by atomic mass is 10.0. The highest BCUT2D eigenvalue weighted by atomic mass is 16.6. The second kappa shape index (κ2) is 7.02. The van der Waals surface area contributed by atoms with E-state index in [0.717, 1.165) is 23.5 Å². The molecule has 1 N–H and O–H groups in total. The first kappa shape index (κ1) is 17.5. The quantitative estimate of drug-likeness (QED) is 0.878. The standard InChI is InChI=1S/C21H23NO5/c1-21(2)10-14-6-5-9-18(20(14)27-21)25-13-19(23)22-11-15-12-24-16-7-3-4-8-17(16)26-15/h3-9,15H,10-13H2,1-2H3,(H,22,23). The van der Waals surface area contributed by atoms with E-state index in [1.165, 1.54) is 0 Å². The summed E-state index contributed by atoms with van der Waals surface area (Å²) in [6, 6.07) is 13.3. The second-order valence-corrected chi connectivity index (χ2v) is 7.37. The largest absolute Gasteiger partial charge is 0.486 e. The summed E-state index contributed by atoms with van der Waals surface area (Å²) in [4.78, 5) is 12.2. The van der Waals surface area contributed by atoms with Gasteiger partial charge in [0.2, 0.25) is 0 Å². The number of fused-ring (bicyclic) bond motifs is 2. The fourth-order valence-electron chi connectivity index (χ4n) is 3.29. The fraction of sp³-hybridized carbons (Fsp3) is 0.381. The highest BCUT2D eigenvalue weighted by molar-refractivity contribution is 5.77. The number of amides is 1. The number of ether oxygens (including phenoxy) is 4. The maximum absolute atomic E-state index is 12.2. The summed E-state index contributed by atoms with van der Waals surface area (Å²) in [5.74, 6) is 2.53. The van der Waals surface area contributed by atoms with Gasteiger partial charge in [0.15, 0.2) is 29.6 Å². The summed E-state index contributed by atoms with van der Waals surface area (Å²) < 4.78 is 23.1. The molecule has 2 aromatic rings. The van der Waals surface area contributed by atoms with Crippen molar-refractivity contribution < 1.29 is 23.7 Å². The van der Waals surface area contributed by atoms with Crippen LogP contribution < -0.4 is 24.3 Å². The second-order valence-electron chi connectivity index (χ2n) is 7.37. The molecule has 0 spiro atoms. The van der Waals surface area contributed by atoms with Crippen LogP contribution in [-0.4, -0.2) is 37.4 Å². The molecule has 4 rings (SSSR count). The van der Waals surface area contributed by atoms with Gasteiger partial charge in [-0.25, -0.2) is 0 Å². The van der Waals surface area contributed by atoms with Crippen molar-refractivity contribution in [1.29, 1.82) is 0 Å². The van der Waals surface area contributed by atoms with Gasteiger partial charge in [-0.1, -0.05) is 24.3 Å². The normalized spacial score (nSPS) is 19.0. The van der Waals surface area contributed by atoms with E-state index >= 15 is 0 Å². The lowest BCUT2D eigenvalue weighted by Gasteiger charge is -2.26. The maximum atomic E-state index is 12.2. The molecule has 6 nitrogen and oxygen atoms in total. The van der Waals surface area contributed by atoms with Crippen LogP contribution in [0.5, 0.6) is 23.0 Å². The van der Waals surface area contributed by atoms with E-state index in [2.05, 4.69) is 5.32 Å². The predicted molar refractivity (Wildman–Crippen MR) is 99.7 cm³/mol. The summed E-state index contributed by atoms with van der Waals surface area (Å²) in [6.07, 6.45) is 0.598. The Morgan fingerprint density at radius 2 is 2.00 bits per heavy atom. The number of para-hydroxylation sites is 3. The van der Waals surface area contributed by atoms with E-state index in [1.54, 1.807) is 0 Å². The molecule has 27 heavy (non-hydrogen) atoms. The molecule has 0 saturated heterocycles. The van der Waals surface area contributed by atoms with E-state index < -0.39 is 0 Å². The van der Waals surface area contributed by atoms with Gasteiger partial charge in [0.1, 0.15) is 18.3 Å². The average Bonchev–Trinajstić information content (AvgIpc) is 2.99. The molecule has 0 bridgehead atoms. The van der Waals surface area contributed by atoms with E-state index in [4.69, 9.17) is 18.9 Å². The van der Waals surface area contributed by atoms with Crippen molar-refractivity contribution in [1.82, 2.24) is 5.32 Å². The van der Waals surface area contributed by atoms with Gasteiger partial charge in [0.05, 0.1) is 6.54 Å². The van der Waals surface area contributed by atoms with Gasteiger partial charge in [-0.05, 0) is 32.0 Å². The molecule has 0 aromatic heterocycles. The predicted octanol–water partition coefficient (Wildman–Crippen LogP) is 2.74. The van der Waals surface area contributed by atoms with Crippen molar-refractivity contribution in [3.63, 3.8) is 0 Å². The van der Waals surface area contributed by atoms with Gasteiger partial charge in [0.25, 0.3) is 5.91 Å². The number of hydrogen-bond donors (Lipinski definition) is 1. The van der Waals surface area contributed by atoms with E-state index in [0.29, 0.717) is 24.7 Å². The summed E-state index contributed by atoms with van der Waals surface area (Å²) in [6.45, 7) is 4.74. The molecule has 2 aromatic carbocycles. The Bertz CT molecular complexity index is 848. The van der Waals surface area contributed by atoms with Gasteiger partial charge in [-0.3, -0.25) is 4.79 Å². The van der Waals surface area contributed by atoms with Gasteiger partial charge in [-0.15, -0.1) is 0 Å². The van der Waals surface area contributed by atoms with Crippen LogP contribution in [0.3, 0.4) is 0 Å². The lowest BCUT2D eigenvalue weighted by Crippen LogP contribution is -2.42. The third-order valence-electron chi connectivity index (χ3n) is 4.51. The molecule has 1 unspecified atom stereocenters. The summed E-state index contributed by atoms with van der Waals surface area (Å²) in [7, 11) is 0. The van der Waals surface area contributed by atoms with Crippen LogP contribution in [0.2, 0.25) is 0 Å². The Hall–Kier alpha value is -2.89. The number of nitrogens with one attached hydrogen (secondary N) is 1. The molecule has 0 saturated carbocycles. The minimum atomic E-state index is -0.251. The molecule has 142 valence electrons. The third kappa shape index (κ3) is 3.94. The fourth-order valence-corrected chi connectivity index (χ4v) is 3.29. The first-order chi connectivity index (χ1) is 13.0. The number of carbonyl (C=O) groups is 1. The van der Waals surface area contributed by atoms with Gasteiger partial charge < -0.3 is 24.3 Å². The molecule has 6 heteroatoms. The third-order valence-corrected chi connectivity index (χ3v) is 4.51. The smallest absolute Gasteiger partial charge is 0.258 e. The Morgan fingerprint density at radius 3 is 2.85 bits per heavy atom. The molecule has 0 fully saturated rings. The van der Waals surface area contributed by atoms with E-state index in [9.17, 15) is 4.79 Å². The van der Waals surface area contributed by atoms with Crippen molar-refractivity contribution in [3.8, 4) is 23.0 Å². The van der Waals surface area contributed by atoms with Crippen LogP contribution >= 0.6 is 0 Å². The first-order valence-corrected chi connectivity index (χ1v) is 9.09. The highest BCUT2D eigenvalue weighted by Gasteiger charge is 2.32. The Balaban J connectivity index is 1.28. The number of hydrogen-bond acceptors (Lipinski definition) is 5. The summed E-state index contributed by atoms with van der Waals surface area (Å²) in [5.41, 5.74) is 0.850. The highest BCUT2D eigenvalue weighted by Crippen LogP contribution is 2.41. The molecule has 2 heterocycles. The van der Waals surface area contributed by atoms with E-state index in [1.807, 2.05) is 56.3 Å². The topological polar surface area (TPSA) is 66.0 Å². The van der Waals surface area contributed by atoms with Crippen LogP contribution in [0.1, 0.15) is 19.4 Å². The van der Waals surface area contributed by atoms with Crippen LogP contribution in [0.25, 0.3) is 0 Å². The Labute approximate surface area is 158 Å². The van der Waals surface area contributed by atoms with Crippen molar-refractivity contribution in [2.24, 2.45) is 0 Å². The molecule has 1 amide bonds. The summed E-state index contributed by atoms with van der Waals surface area (Å²) in [5, 5.41) is 2.83. The first-order valence-electron chi connectivity index (χ1n) is 9.09. The lowest BCUT2D eigenvalue weighted by molar-refractivity contribution is -0.123. The molecule has 2 aliphatic rings. The summed E-state index contributed by atoms with van der Waals surface area (Å²) >= 11 is 0. The van der Waals surface area contributed by atoms with Crippen molar-refractivity contribution >= 4 is 5.91 Å². The molecule has 2 aliphatic heterocycles. The van der Waals surface area contributed by atoms with Crippen molar-refractivity contribution in [3.05, 3.63) is 48.0 Å². The van der Waals surface area contributed by atoms with Crippen LogP contribution in [-0.2, 0) is 11.2 Å². The van der Waals surface area contributed by atoms with Crippen molar-refractivity contribution in [2.75, 3.05) is 19.8 Å². The van der Waals surface area contributed by atoms with Crippen LogP contribution in [0.15, 0.2) is 42.5 Å². The van der Waals surface area contributed by atoms with Gasteiger partial charge in [0, 0.05) is 12.0 Å². The minimum Gasteiger partial charge on any atom is -0.486 e. The number of benzene rings is 2. The molecular formula is C21H23NO5. The Morgan fingerprint density at radius 1 is 1.19 bits per heavy atom. The number of rotatable bonds is 5. The number of carbonyl (C=O) groups excluding carboxylic acids is 1. The zero-order valence-electron chi connectivity index (χ0n) is 15.5. The average molecular weight is 369 g/mol. The van der Waals surface area contributed by atoms with Crippen LogP contribution in [0.4, 0.5) is 0 Å². The van der Waals surface area contributed by atoms with Gasteiger partial charge >= 0.3 is 0 Å².